The number of sulfone groups is 1. The molecular formula is C25H26N4O5S2. The van der Waals surface area contributed by atoms with Gasteiger partial charge in [0.25, 0.3) is 5.91 Å². The molecule has 0 fully saturated rings. The lowest BCUT2D eigenvalue weighted by Crippen LogP contribution is -2.35. The summed E-state index contributed by atoms with van der Waals surface area (Å²) in [5.41, 5.74) is 2.00. The molecule has 0 saturated heterocycles. The summed E-state index contributed by atoms with van der Waals surface area (Å²) in [6.07, 6.45) is 2.53. The predicted octanol–water partition coefficient (Wildman–Crippen LogP) is 4.06. The largest absolute Gasteiger partial charge is 0.490 e. The van der Waals surface area contributed by atoms with Gasteiger partial charge in [0.2, 0.25) is 19.4 Å². The van der Waals surface area contributed by atoms with E-state index in [1.165, 1.54) is 11.6 Å². The summed E-state index contributed by atoms with van der Waals surface area (Å²) in [6.45, 7) is 7.23. The molecule has 188 valence electrons. The SMILES string of the molecule is CC(C)(C)c1ccc(OCCOc2ccc(/C=C3\C(=N)N4N=C(S(C)(=O)=O)SC4=NC3=O)cc2)cc1. The summed E-state index contributed by atoms with van der Waals surface area (Å²) in [5, 5.41) is 13.4. The van der Waals surface area contributed by atoms with E-state index in [2.05, 4.69) is 43.0 Å². The summed E-state index contributed by atoms with van der Waals surface area (Å²) in [7, 11) is -3.58. The van der Waals surface area contributed by atoms with Gasteiger partial charge in [0.1, 0.15) is 24.7 Å². The van der Waals surface area contributed by atoms with Crippen molar-refractivity contribution in [1.82, 2.24) is 5.01 Å². The van der Waals surface area contributed by atoms with Crippen LogP contribution in [-0.2, 0) is 20.0 Å². The second kappa shape index (κ2) is 9.90. The van der Waals surface area contributed by atoms with E-state index in [4.69, 9.17) is 14.9 Å². The van der Waals surface area contributed by atoms with Crippen molar-refractivity contribution in [3.05, 3.63) is 65.2 Å². The van der Waals surface area contributed by atoms with Crippen LogP contribution in [-0.4, -0.2) is 54.2 Å². The number of hydrazone groups is 1. The van der Waals surface area contributed by atoms with E-state index in [9.17, 15) is 13.2 Å². The number of hydrogen-bond donors (Lipinski definition) is 1. The summed E-state index contributed by atoms with van der Waals surface area (Å²) in [6, 6.07) is 15.0. The maximum absolute atomic E-state index is 12.5. The fourth-order valence-electron chi connectivity index (χ4n) is 3.32. The number of thioether (sulfide) groups is 1. The van der Waals surface area contributed by atoms with Gasteiger partial charge in [0.05, 0.1) is 5.57 Å². The van der Waals surface area contributed by atoms with Crippen LogP contribution in [0.15, 0.2) is 64.2 Å². The predicted molar refractivity (Wildman–Crippen MR) is 142 cm³/mol. The number of nitrogens with zero attached hydrogens (tertiary/aromatic N) is 3. The van der Waals surface area contributed by atoms with Crippen molar-refractivity contribution in [1.29, 1.82) is 5.41 Å². The fourth-order valence-corrected chi connectivity index (χ4v) is 5.01. The lowest BCUT2D eigenvalue weighted by atomic mass is 9.87. The number of rotatable bonds is 6. The number of benzene rings is 2. The molecule has 2 heterocycles. The van der Waals surface area contributed by atoms with E-state index in [0.717, 1.165) is 28.8 Å². The van der Waals surface area contributed by atoms with Gasteiger partial charge in [0.15, 0.2) is 5.84 Å². The Labute approximate surface area is 214 Å². The zero-order chi connectivity index (χ0) is 26.1. The van der Waals surface area contributed by atoms with Crippen LogP contribution in [0.4, 0.5) is 0 Å². The highest BCUT2D eigenvalue weighted by atomic mass is 32.3. The van der Waals surface area contributed by atoms with Crippen molar-refractivity contribution in [3.63, 3.8) is 0 Å². The highest BCUT2D eigenvalue weighted by molar-refractivity contribution is 8.42. The minimum atomic E-state index is -3.58. The van der Waals surface area contributed by atoms with Crippen LogP contribution in [0.25, 0.3) is 6.08 Å². The monoisotopic (exact) mass is 526 g/mol. The molecule has 9 nitrogen and oxygen atoms in total. The Balaban J connectivity index is 1.34. The van der Waals surface area contributed by atoms with Crippen LogP contribution in [0.2, 0.25) is 0 Å². The number of ether oxygens (including phenoxy) is 2. The molecule has 2 aliphatic rings. The lowest BCUT2D eigenvalue weighted by molar-refractivity contribution is -0.114. The Bertz CT molecular complexity index is 1390. The highest BCUT2D eigenvalue weighted by Crippen LogP contribution is 2.30. The number of nitrogens with one attached hydrogen (secondary N) is 1. The molecule has 2 aromatic rings. The van der Waals surface area contributed by atoms with E-state index in [1.807, 2.05) is 12.1 Å². The summed E-state index contributed by atoms with van der Waals surface area (Å²) < 4.78 is 34.8. The van der Waals surface area contributed by atoms with Crippen molar-refractivity contribution in [2.45, 2.75) is 26.2 Å². The first-order valence-corrected chi connectivity index (χ1v) is 13.8. The maximum atomic E-state index is 12.5. The molecule has 1 amide bonds. The quantitative estimate of drug-likeness (QED) is 0.445. The average Bonchev–Trinajstić information content (AvgIpc) is 3.25. The first-order chi connectivity index (χ1) is 16.9. The third-order valence-corrected chi connectivity index (χ3v) is 7.86. The molecule has 0 saturated carbocycles. The molecule has 4 rings (SSSR count). The molecule has 36 heavy (non-hydrogen) atoms. The number of carbonyl (C=O) groups excluding carboxylic acids is 1. The number of amides is 1. The molecular weight excluding hydrogens is 500 g/mol. The van der Waals surface area contributed by atoms with Crippen molar-refractivity contribution in [2.75, 3.05) is 19.5 Å². The van der Waals surface area contributed by atoms with E-state index in [0.29, 0.717) is 24.5 Å². The molecule has 2 aromatic carbocycles. The van der Waals surface area contributed by atoms with Gasteiger partial charge in [-0.3, -0.25) is 10.2 Å². The van der Waals surface area contributed by atoms with Gasteiger partial charge in [-0.15, -0.1) is 5.10 Å². The molecule has 2 aliphatic heterocycles. The normalized spacial score (nSPS) is 17.1. The van der Waals surface area contributed by atoms with Gasteiger partial charge in [-0.2, -0.15) is 10.0 Å². The lowest BCUT2D eigenvalue weighted by Gasteiger charge is -2.20. The van der Waals surface area contributed by atoms with E-state index < -0.39 is 15.7 Å². The number of amidine groups is 2. The Morgan fingerprint density at radius 3 is 2.08 bits per heavy atom. The van der Waals surface area contributed by atoms with Gasteiger partial charge in [0, 0.05) is 6.26 Å². The molecule has 0 aromatic heterocycles. The van der Waals surface area contributed by atoms with Crippen molar-refractivity contribution in [2.24, 2.45) is 10.1 Å². The zero-order valence-corrected chi connectivity index (χ0v) is 21.9. The first-order valence-electron chi connectivity index (χ1n) is 11.1. The third-order valence-electron chi connectivity index (χ3n) is 5.29. The van der Waals surface area contributed by atoms with Gasteiger partial charge in [-0.1, -0.05) is 45.0 Å². The maximum Gasteiger partial charge on any atom is 0.283 e. The van der Waals surface area contributed by atoms with Gasteiger partial charge in [-0.25, -0.2) is 8.42 Å². The second-order valence-electron chi connectivity index (χ2n) is 9.20. The molecule has 0 bridgehead atoms. The van der Waals surface area contributed by atoms with Crippen molar-refractivity contribution < 1.29 is 22.7 Å². The van der Waals surface area contributed by atoms with Crippen LogP contribution >= 0.6 is 11.8 Å². The van der Waals surface area contributed by atoms with Gasteiger partial charge < -0.3 is 9.47 Å². The average molecular weight is 527 g/mol. The van der Waals surface area contributed by atoms with Crippen LogP contribution in [0.3, 0.4) is 0 Å². The number of hydrogen-bond acceptors (Lipinski definition) is 8. The van der Waals surface area contributed by atoms with Crippen LogP contribution in [0, 0.1) is 5.41 Å². The molecule has 0 aliphatic carbocycles. The number of aliphatic imine (C=N–C) groups is 1. The number of carbonyl (C=O) groups is 1. The van der Waals surface area contributed by atoms with Gasteiger partial charge in [-0.05, 0) is 58.6 Å². The molecule has 0 unspecified atom stereocenters. The Morgan fingerprint density at radius 2 is 1.56 bits per heavy atom. The molecule has 0 radical (unpaired) electrons. The molecule has 0 spiro atoms. The van der Waals surface area contributed by atoms with Crippen LogP contribution < -0.4 is 9.47 Å². The summed E-state index contributed by atoms with van der Waals surface area (Å²) >= 11 is 0.751. The minimum Gasteiger partial charge on any atom is -0.490 e. The van der Waals surface area contributed by atoms with Crippen LogP contribution in [0.5, 0.6) is 11.5 Å². The third kappa shape index (κ3) is 5.85. The fraction of sp³-hybridized carbons (Fsp3) is 0.280. The second-order valence-corrected chi connectivity index (χ2v) is 12.3. The van der Waals surface area contributed by atoms with E-state index in [-0.39, 0.29) is 26.4 Å². The molecule has 1 N–H and O–H groups in total. The zero-order valence-electron chi connectivity index (χ0n) is 20.3. The number of fused-ring (bicyclic) bond motifs is 1. The first kappa shape index (κ1) is 25.6. The summed E-state index contributed by atoms with van der Waals surface area (Å²) in [4.78, 5) is 16.3. The Kier molecular flexibility index (Phi) is 7.05. The highest BCUT2D eigenvalue weighted by Gasteiger charge is 2.38. The topological polar surface area (TPSA) is 121 Å². The van der Waals surface area contributed by atoms with Crippen molar-refractivity contribution >= 4 is 49.0 Å². The van der Waals surface area contributed by atoms with Crippen LogP contribution in [0.1, 0.15) is 31.9 Å². The minimum absolute atomic E-state index is 0.0115. The van der Waals surface area contributed by atoms with E-state index in [1.54, 1.807) is 24.3 Å². The Morgan fingerprint density at radius 1 is 1.00 bits per heavy atom. The molecule has 11 heteroatoms. The smallest absolute Gasteiger partial charge is 0.283 e. The van der Waals surface area contributed by atoms with Crippen molar-refractivity contribution in [3.8, 4) is 11.5 Å². The standard InChI is InChI=1S/C25H26N4O5S2/c1-25(2,3)17-7-11-19(12-8-17)34-14-13-33-18-9-5-16(6-10-18)15-20-21(26)29-23(27-22(20)30)35-24(28-29)36(4,31)32/h5-12,15,26H,13-14H2,1-4H3/b20-15+,26-21?. The molecule has 0 atom stereocenters. The van der Waals surface area contributed by atoms with Gasteiger partial charge >= 0.3 is 0 Å². The Hall–Kier alpha value is -3.44. The van der Waals surface area contributed by atoms with E-state index >= 15 is 0 Å². The summed E-state index contributed by atoms with van der Waals surface area (Å²) in [5.74, 6) is 0.553.